The number of pyridine rings is 1. The molecule has 3 heterocycles. The van der Waals surface area contributed by atoms with Gasteiger partial charge in [-0.3, -0.25) is 0 Å². The molecule has 3 rings (SSSR count). The van der Waals surface area contributed by atoms with Crippen molar-refractivity contribution in [3.8, 4) is 0 Å². The first kappa shape index (κ1) is 28.5. The number of hydrogen-bond donors (Lipinski definition) is 3. The van der Waals surface area contributed by atoms with E-state index in [1.54, 1.807) is 27.7 Å². The normalized spacial score (nSPS) is 17.0. The fourth-order valence-corrected chi connectivity index (χ4v) is 4.63. The first-order chi connectivity index (χ1) is 17.4. The van der Waals surface area contributed by atoms with Crippen molar-refractivity contribution in [1.29, 1.82) is 0 Å². The van der Waals surface area contributed by atoms with Crippen LogP contribution < -0.4 is 10.6 Å². The highest BCUT2D eigenvalue weighted by Crippen LogP contribution is 2.27. The van der Waals surface area contributed by atoms with Crippen LogP contribution in [0, 0.1) is 0 Å². The fourth-order valence-electron chi connectivity index (χ4n) is 4.63. The summed E-state index contributed by atoms with van der Waals surface area (Å²) < 4.78 is 10.7. The van der Waals surface area contributed by atoms with E-state index in [-0.39, 0.29) is 13.1 Å². The van der Waals surface area contributed by atoms with E-state index in [4.69, 9.17) is 14.5 Å². The Balaban J connectivity index is 1.29. The van der Waals surface area contributed by atoms with Crippen LogP contribution in [0.15, 0.2) is 12.1 Å². The average Bonchev–Trinajstić information content (AvgIpc) is 2.79. The number of anilines is 1. The lowest BCUT2D eigenvalue weighted by Gasteiger charge is -2.46. The fraction of sp³-hybridized carbons (Fsp3) is 0.704. The van der Waals surface area contributed by atoms with Crippen LogP contribution in [0.4, 0.5) is 15.4 Å². The van der Waals surface area contributed by atoms with E-state index < -0.39 is 35.4 Å². The summed E-state index contributed by atoms with van der Waals surface area (Å²) >= 11 is 0. The highest BCUT2D eigenvalue weighted by molar-refractivity contribution is 5.80. The number of alkyl carbamates (subject to hydrolysis) is 1. The standard InChI is InChI=1S/C27H42N4O6/c1-26(2,3)37-25(35)31-17-27(4,18-31)36-24(34)30-21(23(32)33)13-9-7-5-6-8-12-20-15-14-19-11-10-16-28-22(19)29-20/h14-15,21H,5-13,16-18H2,1-4H3,(H,28,29)(H,30,34)(H,32,33). The molecule has 0 aromatic carbocycles. The Bertz CT molecular complexity index is 955. The molecule has 1 unspecified atom stereocenters. The molecule has 1 fully saturated rings. The molecule has 10 nitrogen and oxygen atoms in total. The number of likely N-dealkylation sites (tertiary alicyclic amines) is 1. The summed E-state index contributed by atoms with van der Waals surface area (Å²) in [5, 5.41) is 15.3. The van der Waals surface area contributed by atoms with Crippen molar-refractivity contribution in [3.05, 3.63) is 23.4 Å². The predicted octanol–water partition coefficient (Wildman–Crippen LogP) is 4.51. The van der Waals surface area contributed by atoms with Gasteiger partial charge in [-0.2, -0.15) is 0 Å². The van der Waals surface area contributed by atoms with Crippen LogP contribution in [0.2, 0.25) is 0 Å². The van der Waals surface area contributed by atoms with E-state index in [1.165, 1.54) is 10.5 Å². The Labute approximate surface area is 219 Å². The van der Waals surface area contributed by atoms with Gasteiger partial charge < -0.3 is 30.1 Å². The minimum absolute atomic E-state index is 0.199. The first-order valence-electron chi connectivity index (χ1n) is 13.4. The highest BCUT2D eigenvalue weighted by Gasteiger charge is 2.46. The molecule has 0 saturated carbocycles. The molecule has 1 atom stereocenters. The second kappa shape index (κ2) is 12.5. The maximum atomic E-state index is 12.3. The largest absolute Gasteiger partial charge is 0.480 e. The monoisotopic (exact) mass is 518 g/mol. The average molecular weight is 519 g/mol. The molecule has 1 aromatic heterocycles. The SMILES string of the molecule is CC(C)(C)OC(=O)N1CC(C)(OC(=O)NC(CCCCCCCc2ccc3c(n2)NCCC3)C(=O)O)C1. The number of nitrogens with one attached hydrogen (secondary N) is 2. The number of carbonyl (C=O) groups is 3. The van der Waals surface area contributed by atoms with Crippen molar-refractivity contribution in [1.82, 2.24) is 15.2 Å². The van der Waals surface area contributed by atoms with Crippen LogP contribution in [-0.2, 0) is 27.1 Å². The molecule has 1 aromatic rings. The lowest BCUT2D eigenvalue weighted by molar-refractivity contribution is -0.140. The number of carbonyl (C=O) groups excluding carboxylic acids is 2. The number of hydrogen-bond acceptors (Lipinski definition) is 7. The summed E-state index contributed by atoms with van der Waals surface area (Å²) in [6.45, 7) is 8.44. The Morgan fingerprint density at radius 3 is 2.57 bits per heavy atom. The molecule has 0 bridgehead atoms. The van der Waals surface area contributed by atoms with Gasteiger partial charge in [0.05, 0.1) is 13.1 Å². The van der Waals surface area contributed by atoms with Crippen LogP contribution in [0.25, 0.3) is 0 Å². The number of nitrogens with zero attached hydrogens (tertiary/aromatic N) is 2. The van der Waals surface area contributed by atoms with Gasteiger partial charge in [0.15, 0.2) is 0 Å². The van der Waals surface area contributed by atoms with E-state index in [9.17, 15) is 19.5 Å². The third-order valence-corrected chi connectivity index (χ3v) is 6.51. The van der Waals surface area contributed by atoms with Crippen LogP contribution in [0.5, 0.6) is 0 Å². The summed E-state index contributed by atoms with van der Waals surface area (Å²) in [5.74, 6) is -0.0562. The zero-order chi connectivity index (χ0) is 27.1. The van der Waals surface area contributed by atoms with Gasteiger partial charge in [0.2, 0.25) is 0 Å². The molecule has 10 heteroatoms. The summed E-state index contributed by atoms with van der Waals surface area (Å²) in [7, 11) is 0. The van der Waals surface area contributed by atoms with E-state index in [0.717, 1.165) is 63.0 Å². The first-order valence-corrected chi connectivity index (χ1v) is 13.4. The summed E-state index contributed by atoms with van der Waals surface area (Å²) in [6.07, 6.45) is 6.94. The second-order valence-corrected chi connectivity index (χ2v) is 11.4. The number of aryl methyl sites for hydroxylation is 2. The van der Waals surface area contributed by atoms with Crippen molar-refractivity contribution in [2.45, 2.75) is 103 Å². The second-order valence-electron chi connectivity index (χ2n) is 11.4. The molecule has 37 heavy (non-hydrogen) atoms. The Kier molecular flexibility index (Phi) is 9.62. The number of unbranched alkanes of at least 4 members (excludes halogenated alkanes) is 4. The number of aliphatic carboxylic acids is 1. The maximum absolute atomic E-state index is 12.3. The molecule has 0 radical (unpaired) electrons. The molecule has 0 spiro atoms. The zero-order valence-corrected chi connectivity index (χ0v) is 22.6. The van der Waals surface area contributed by atoms with Gasteiger partial charge >= 0.3 is 18.2 Å². The Hall–Kier alpha value is -3.04. The van der Waals surface area contributed by atoms with Gasteiger partial charge in [0.25, 0.3) is 0 Å². The van der Waals surface area contributed by atoms with Crippen molar-refractivity contribution < 1.29 is 29.0 Å². The number of amides is 2. The number of carboxylic acids is 1. The Morgan fingerprint density at radius 1 is 1.16 bits per heavy atom. The number of fused-ring (bicyclic) bond motifs is 1. The third kappa shape index (κ3) is 9.09. The quantitative estimate of drug-likeness (QED) is 0.365. The van der Waals surface area contributed by atoms with Crippen molar-refractivity contribution in [2.24, 2.45) is 0 Å². The van der Waals surface area contributed by atoms with Gasteiger partial charge in [-0.05, 0) is 71.4 Å². The van der Waals surface area contributed by atoms with Gasteiger partial charge in [0, 0.05) is 12.2 Å². The van der Waals surface area contributed by atoms with Crippen LogP contribution in [-0.4, -0.2) is 70.0 Å². The number of carboxylic acid groups (broad SMARTS) is 1. The maximum Gasteiger partial charge on any atom is 0.410 e. The highest BCUT2D eigenvalue weighted by atomic mass is 16.6. The minimum Gasteiger partial charge on any atom is -0.480 e. The number of ether oxygens (including phenoxy) is 2. The van der Waals surface area contributed by atoms with E-state index in [1.807, 2.05) is 0 Å². The van der Waals surface area contributed by atoms with Gasteiger partial charge in [0.1, 0.15) is 23.1 Å². The Morgan fingerprint density at radius 2 is 1.86 bits per heavy atom. The molecule has 1 saturated heterocycles. The minimum atomic E-state index is -1.09. The number of aromatic nitrogens is 1. The molecule has 3 N–H and O–H groups in total. The van der Waals surface area contributed by atoms with Gasteiger partial charge in [-0.15, -0.1) is 0 Å². The number of rotatable bonds is 11. The van der Waals surface area contributed by atoms with Gasteiger partial charge in [-0.25, -0.2) is 19.4 Å². The molecule has 206 valence electrons. The predicted molar refractivity (Wildman–Crippen MR) is 140 cm³/mol. The van der Waals surface area contributed by atoms with E-state index in [2.05, 4.69) is 22.8 Å². The molecule has 2 aliphatic heterocycles. The molecule has 2 amide bonds. The summed E-state index contributed by atoms with van der Waals surface area (Å²) in [6, 6.07) is 3.29. The smallest absolute Gasteiger partial charge is 0.410 e. The summed E-state index contributed by atoms with van der Waals surface area (Å²) in [5.41, 5.74) is 0.931. The summed E-state index contributed by atoms with van der Waals surface area (Å²) in [4.78, 5) is 42.2. The molecule has 2 aliphatic rings. The van der Waals surface area contributed by atoms with E-state index in [0.29, 0.717) is 12.8 Å². The lowest BCUT2D eigenvalue weighted by Crippen LogP contribution is -2.65. The molecular formula is C27H42N4O6. The topological polar surface area (TPSA) is 130 Å². The zero-order valence-electron chi connectivity index (χ0n) is 22.6. The van der Waals surface area contributed by atoms with Gasteiger partial charge in [-0.1, -0.05) is 31.7 Å². The van der Waals surface area contributed by atoms with Crippen molar-refractivity contribution in [2.75, 3.05) is 25.0 Å². The third-order valence-electron chi connectivity index (χ3n) is 6.51. The van der Waals surface area contributed by atoms with Crippen LogP contribution >= 0.6 is 0 Å². The van der Waals surface area contributed by atoms with Crippen molar-refractivity contribution in [3.63, 3.8) is 0 Å². The molecular weight excluding hydrogens is 476 g/mol. The van der Waals surface area contributed by atoms with E-state index >= 15 is 0 Å². The lowest BCUT2D eigenvalue weighted by atomic mass is 9.97. The van der Waals surface area contributed by atoms with Crippen LogP contribution in [0.1, 0.15) is 83.9 Å². The van der Waals surface area contributed by atoms with Crippen molar-refractivity contribution >= 4 is 24.0 Å². The molecule has 0 aliphatic carbocycles. The van der Waals surface area contributed by atoms with Crippen LogP contribution in [0.3, 0.4) is 0 Å².